The van der Waals surface area contributed by atoms with Gasteiger partial charge in [0.2, 0.25) is 0 Å². The van der Waals surface area contributed by atoms with E-state index in [-0.39, 0.29) is 0 Å². The Kier molecular flexibility index (Phi) is 6.85. The van der Waals surface area contributed by atoms with Gasteiger partial charge in [0.05, 0.1) is 22.4 Å². The van der Waals surface area contributed by atoms with Crippen molar-refractivity contribution in [1.82, 2.24) is 9.55 Å². The molecule has 10 aromatic rings. The molecule has 0 spiro atoms. The summed E-state index contributed by atoms with van der Waals surface area (Å²) in [5, 5.41) is 7.57. The minimum Gasteiger partial charge on any atom is -0.309 e. The zero-order chi connectivity index (χ0) is 33.7. The number of rotatable bonds is 5. The van der Waals surface area contributed by atoms with Gasteiger partial charge < -0.3 is 4.57 Å². The van der Waals surface area contributed by atoms with E-state index in [4.69, 9.17) is 4.98 Å². The molecule has 0 aliphatic carbocycles. The number of hydrogen-bond donors (Lipinski definition) is 0. The highest BCUT2D eigenvalue weighted by atomic mass is 15.0. The molecule has 10 rings (SSSR count). The molecule has 2 aromatic heterocycles. The fraction of sp³-hybridized carbons (Fsp3) is 0. The third-order valence-corrected chi connectivity index (χ3v) is 10.1. The van der Waals surface area contributed by atoms with Crippen molar-refractivity contribution in [2.24, 2.45) is 0 Å². The second kappa shape index (κ2) is 12.0. The number of pyridine rings is 1. The van der Waals surface area contributed by atoms with Crippen molar-refractivity contribution in [2.75, 3.05) is 0 Å². The lowest BCUT2D eigenvalue weighted by Gasteiger charge is -2.15. The molecule has 8 aromatic carbocycles. The summed E-state index contributed by atoms with van der Waals surface area (Å²) < 4.78 is 2.46. The molecule has 238 valence electrons. The van der Waals surface area contributed by atoms with Gasteiger partial charge in [-0.1, -0.05) is 152 Å². The van der Waals surface area contributed by atoms with Gasteiger partial charge >= 0.3 is 0 Å². The van der Waals surface area contributed by atoms with Crippen molar-refractivity contribution in [3.05, 3.63) is 194 Å². The third kappa shape index (κ3) is 5.00. The number of nitrogens with zero attached hydrogens (tertiary/aromatic N) is 2. The van der Waals surface area contributed by atoms with Crippen molar-refractivity contribution >= 4 is 43.4 Å². The van der Waals surface area contributed by atoms with Gasteiger partial charge in [-0.2, -0.15) is 0 Å². The van der Waals surface area contributed by atoms with Crippen LogP contribution in [-0.2, 0) is 0 Å². The zero-order valence-corrected chi connectivity index (χ0v) is 27.9. The Balaban J connectivity index is 1.30. The van der Waals surface area contributed by atoms with E-state index >= 15 is 0 Å². The van der Waals surface area contributed by atoms with Crippen LogP contribution in [0.1, 0.15) is 0 Å². The number of aromatic nitrogens is 2. The van der Waals surface area contributed by atoms with E-state index < -0.39 is 0 Å². The average molecular weight is 649 g/mol. The Morgan fingerprint density at radius 1 is 0.314 bits per heavy atom. The molecule has 0 bridgehead atoms. The molecular formula is C49H32N2. The molecular weight excluding hydrogens is 617 g/mol. The highest BCUT2D eigenvalue weighted by Crippen LogP contribution is 2.42. The predicted octanol–water partition coefficient (Wildman–Crippen LogP) is 13.2. The van der Waals surface area contributed by atoms with E-state index in [2.05, 4.69) is 199 Å². The van der Waals surface area contributed by atoms with Gasteiger partial charge in [-0.05, 0) is 86.3 Å². The van der Waals surface area contributed by atoms with Gasteiger partial charge in [0.1, 0.15) is 0 Å². The van der Waals surface area contributed by atoms with Gasteiger partial charge in [-0.15, -0.1) is 0 Å². The Bertz CT molecular complexity index is 2740. The second-order valence-electron chi connectivity index (χ2n) is 13.2. The van der Waals surface area contributed by atoms with Crippen LogP contribution in [0.2, 0.25) is 0 Å². The van der Waals surface area contributed by atoms with Gasteiger partial charge in [0, 0.05) is 27.6 Å². The van der Waals surface area contributed by atoms with Crippen LogP contribution in [-0.4, -0.2) is 9.55 Å². The van der Waals surface area contributed by atoms with Crippen LogP contribution < -0.4 is 0 Å². The van der Waals surface area contributed by atoms with Gasteiger partial charge in [-0.25, -0.2) is 4.98 Å². The van der Waals surface area contributed by atoms with Crippen molar-refractivity contribution in [1.29, 1.82) is 0 Å². The topological polar surface area (TPSA) is 17.8 Å². The van der Waals surface area contributed by atoms with Gasteiger partial charge in [0.25, 0.3) is 0 Å². The van der Waals surface area contributed by atoms with E-state index in [9.17, 15) is 0 Å². The van der Waals surface area contributed by atoms with E-state index in [0.29, 0.717) is 0 Å². The molecule has 0 atom stereocenters. The highest BCUT2D eigenvalue weighted by Gasteiger charge is 2.19. The van der Waals surface area contributed by atoms with E-state index in [1.54, 1.807) is 0 Å². The molecule has 51 heavy (non-hydrogen) atoms. The minimum atomic E-state index is 0.936. The molecule has 0 radical (unpaired) electrons. The molecule has 0 aliphatic rings. The van der Waals surface area contributed by atoms with Gasteiger partial charge in [-0.3, -0.25) is 0 Å². The summed E-state index contributed by atoms with van der Waals surface area (Å²) in [4.78, 5) is 5.35. The van der Waals surface area contributed by atoms with Crippen molar-refractivity contribution in [3.63, 3.8) is 0 Å². The first kappa shape index (κ1) is 29.2. The summed E-state index contributed by atoms with van der Waals surface area (Å²) in [7, 11) is 0. The third-order valence-electron chi connectivity index (χ3n) is 10.1. The van der Waals surface area contributed by atoms with Crippen molar-refractivity contribution in [2.45, 2.75) is 0 Å². The molecule has 0 saturated carbocycles. The monoisotopic (exact) mass is 648 g/mol. The first-order chi connectivity index (χ1) is 25.3. The predicted molar refractivity (Wildman–Crippen MR) is 215 cm³/mol. The fourth-order valence-electron chi connectivity index (χ4n) is 7.74. The van der Waals surface area contributed by atoms with Crippen LogP contribution in [0.5, 0.6) is 0 Å². The number of benzene rings is 8. The molecule has 0 N–H and O–H groups in total. The quantitative estimate of drug-likeness (QED) is 0.182. The maximum Gasteiger partial charge on any atom is 0.0716 e. The maximum atomic E-state index is 5.35. The van der Waals surface area contributed by atoms with Crippen LogP contribution in [0, 0.1) is 0 Å². The lowest BCUT2D eigenvalue weighted by atomic mass is 9.97. The molecule has 2 heterocycles. The number of hydrogen-bond acceptors (Lipinski definition) is 1. The Morgan fingerprint density at radius 2 is 0.745 bits per heavy atom. The molecule has 0 saturated heterocycles. The smallest absolute Gasteiger partial charge is 0.0716 e. The summed E-state index contributed by atoms with van der Waals surface area (Å²) in [6, 6.07) is 69.8. The normalized spacial score (nSPS) is 11.5. The Morgan fingerprint density at radius 3 is 1.29 bits per heavy atom. The lowest BCUT2D eigenvalue weighted by Crippen LogP contribution is -1.97. The number of fused-ring (bicyclic) bond motifs is 7. The molecule has 0 fully saturated rings. The Hall–Kier alpha value is -6.77. The lowest BCUT2D eigenvalue weighted by molar-refractivity contribution is 1.18. The van der Waals surface area contributed by atoms with Crippen molar-refractivity contribution < 1.29 is 0 Å². The minimum absolute atomic E-state index is 0.936. The summed E-state index contributed by atoms with van der Waals surface area (Å²) >= 11 is 0. The van der Waals surface area contributed by atoms with Gasteiger partial charge in [0.15, 0.2) is 0 Å². The van der Waals surface area contributed by atoms with Crippen LogP contribution in [0.25, 0.3) is 93.8 Å². The fourth-order valence-corrected chi connectivity index (χ4v) is 7.74. The maximum absolute atomic E-state index is 5.35. The molecule has 2 heteroatoms. The standard InChI is InChI=1S/C49H32N2/c1-4-14-33(15-5-1)38-28-40(45-32-39(34-16-6-2-7-17-34)31-44(50-45)37-20-8-3-9-21-37)30-41(29-38)51-46-26-24-35-18-10-12-22-42(35)48(46)49-43-23-13-11-19-36(43)25-27-47(49)51/h1-32H. The van der Waals surface area contributed by atoms with E-state index in [0.717, 1.165) is 39.3 Å². The molecule has 0 amide bonds. The SMILES string of the molecule is c1ccc(-c2cc(-c3cc(-c4ccccc4)cc(-c4ccccc4)n3)cc(-n3c4ccc5ccccc5c4c4c5ccccc5ccc43)c2)cc1. The first-order valence-corrected chi connectivity index (χ1v) is 17.5. The molecule has 2 nitrogen and oxygen atoms in total. The summed E-state index contributed by atoms with van der Waals surface area (Å²) in [5.41, 5.74) is 12.1. The van der Waals surface area contributed by atoms with Crippen LogP contribution in [0.15, 0.2) is 194 Å². The molecule has 0 unspecified atom stereocenters. The first-order valence-electron chi connectivity index (χ1n) is 17.5. The summed E-state index contributed by atoms with van der Waals surface area (Å²) in [6.07, 6.45) is 0. The highest BCUT2D eigenvalue weighted by molar-refractivity contribution is 6.28. The van der Waals surface area contributed by atoms with Crippen LogP contribution in [0.3, 0.4) is 0 Å². The van der Waals surface area contributed by atoms with Crippen molar-refractivity contribution in [3.8, 4) is 50.5 Å². The zero-order valence-electron chi connectivity index (χ0n) is 27.9. The van der Waals surface area contributed by atoms with E-state index in [1.165, 1.54) is 54.5 Å². The Labute approximate surface area is 296 Å². The average Bonchev–Trinajstić information content (AvgIpc) is 3.57. The largest absolute Gasteiger partial charge is 0.309 e. The van der Waals surface area contributed by atoms with E-state index in [1.807, 2.05) is 0 Å². The summed E-state index contributed by atoms with van der Waals surface area (Å²) in [6.45, 7) is 0. The van der Waals surface area contributed by atoms with Crippen LogP contribution in [0.4, 0.5) is 0 Å². The summed E-state index contributed by atoms with van der Waals surface area (Å²) in [5.74, 6) is 0. The second-order valence-corrected chi connectivity index (χ2v) is 13.2. The van der Waals surface area contributed by atoms with Crippen LogP contribution >= 0.6 is 0 Å². The molecule has 0 aliphatic heterocycles.